The van der Waals surface area contributed by atoms with E-state index >= 15 is 0 Å². The summed E-state index contributed by atoms with van der Waals surface area (Å²) < 4.78 is 5.23. The van der Waals surface area contributed by atoms with Gasteiger partial charge in [0.25, 0.3) is 5.91 Å². The van der Waals surface area contributed by atoms with Crippen LogP contribution in [-0.4, -0.2) is 85.5 Å². The highest BCUT2D eigenvalue weighted by Gasteiger charge is 2.26. The molecule has 1 atom stereocenters. The van der Waals surface area contributed by atoms with E-state index in [2.05, 4.69) is 29.0 Å². The van der Waals surface area contributed by atoms with Crippen LogP contribution in [0.25, 0.3) is 0 Å². The Morgan fingerprint density at radius 1 is 1.22 bits per heavy atom. The third kappa shape index (κ3) is 5.84. The summed E-state index contributed by atoms with van der Waals surface area (Å²) in [6, 6.07) is 3.48. The molecule has 8 heteroatoms. The minimum absolute atomic E-state index is 0. The summed E-state index contributed by atoms with van der Waals surface area (Å²) in [5.41, 5.74) is 0. The Balaban J connectivity index is 0.00000261. The Morgan fingerprint density at radius 2 is 1.96 bits per heavy atom. The monoisotopic (exact) mass is 489 g/mol. The zero-order valence-corrected chi connectivity index (χ0v) is 18.7. The SMILES string of the molecule is CCNC(=NCC1CCN(CC)C1)N1CCN(C(=O)c2ccco2)CC1.I. The highest BCUT2D eigenvalue weighted by atomic mass is 127. The van der Waals surface area contributed by atoms with Gasteiger partial charge in [-0.25, -0.2) is 0 Å². The Hall–Kier alpha value is -1.29. The van der Waals surface area contributed by atoms with Crippen LogP contribution in [0.3, 0.4) is 0 Å². The second kappa shape index (κ2) is 10.9. The lowest BCUT2D eigenvalue weighted by Gasteiger charge is -2.36. The molecule has 2 fully saturated rings. The van der Waals surface area contributed by atoms with Crippen molar-refractivity contribution in [2.75, 3.05) is 58.9 Å². The molecule has 1 unspecified atom stereocenters. The lowest BCUT2D eigenvalue weighted by atomic mass is 10.1. The number of hydrogen-bond donors (Lipinski definition) is 1. The van der Waals surface area contributed by atoms with Crippen LogP contribution in [0.4, 0.5) is 0 Å². The predicted octanol–water partition coefficient (Wildman–Crippen LogP) is 1.96. The summed E-state index contributed by atoms with van der Waals surface area (Å²) in [7, 11) is 0. The fraction of sp³-hybridized carbons (Fsp3) is 0.684. The smallest absolute Gasteiger partial charge is 0.289 e. The number of halogens is 1. The maximum atomic E-state index is 12.4. The molecule has 1 amide bonds. The molecule has 0 spiro atoms. The molecule has 2 aliphatic heterocycles. The summed E-state index contributed by atoms with van der Waals surface area (Å²) in [5.74, 6) is 2.03. The first-order valence-corrected chi connectivity index (χ1v) is 9.79. The molecule has 2 saturated heterocycles. The van der Waals surface area contributed by atoms with Gasteiger partial charge in [0.05, 0.1) is 6.26 Å². The van der Waals surface area contributed by atoms with Gasteiger partial charge < -0.3 is 24.4 Å². The van der Waals surface area contributed by atoms with Crippen molar-refractivity contribution in [3.8, 4) is 0 Å². The van der Waals surface area contributed by atoms with E-state index in [9.17, 15) is 4.79 Å². The van der Waals surface area contributed by atoms with E-state index in [1.165, 1.54) is 13.0 Å². The van der Waals surface area contributed by atoms with Crippen LogP contribution < -0.4 is 5.32 Å². The third-order valence-electron chi connectivity index (χ3n) is 5.25. The molecule has 1 N–H and O–H groups in total. The molecule has 152 valence electrons. The molecular weight excluding hydrogens is 457 g/mol. The number of nitrogens with zero attached hydrogens (tertiary/aromatic N) is 4. The van der Waals surface area contributed by atoms with Crippen LogP contribution >= 0.6 is 24.0 Å². The van der Waals surface area contributed by atoms with Gasteiger partial charge in [-0.05, 0) is 44.5 Å². The van der Waals surface area contributed by atoms with E-state index < -0.39 is 0 Å². The number of nitrogens with one attached hydrogen (secondary N) is 1. The molecule has 2 aliphatic rings. The van der Waals surface area contributed by atoms with Gasteiger partial charge in [0.1, 0.15) is 0 Å². The Morgan fingerprint density at radius 3 is 2.56 bits per heavy atom. The maximum absolute atomic E-state index is 12.4. The van der Waals surface area contributed by atoms with E-state index in [1.54, 1.807) is 18.4 Å². The first-order valence-electron chi connectivity index (χ1n) is 9.79. The van der Waals surface area contributed by atoms with E-state index in [4.69, 9.17) is 9.41 Å². The Bertz CT molecular complexity index is 599. The molecule has 7 nitrogen and oxygen atoms in total. The fourth-order valence-electron chi connectivity index (χ4n) is 3.67. The van der Waals surface area contributed by atoms with Gasteiger partial charge >= 0.3 is 0 Å². The first kappa shape index (κ1) is 22.0. The summed E-state index contributed by atoms with van der Waals surface area (Å²) in [6.07, 6.45) is 2.78. The van der Waals surface area contributed by atoms with Crippen LogP contribution in [0.2, 0.25) is 0 Å². The standard InChI is InChI=1S/C19H31N5O2.HI/c1-3-20-19(21-14-16-7-8-22(4-2)15-16)24-11-9-23(10-12-24)18(25)17-6-5-13-26-17;/h5-6,13,16H,3-4,7-12,14-15H2,1-2H3,(H,20,21);1H. The van der Waals surface area contributed by atoms with Crippen LogP contribution in [0, 0.1) is 5.92 Å². The van der Waals surface area contributed by atoms with E-state index in [1.807, 2.05) is 4.90 Å². The Kier molecular flexibility index (Phi) is 8.88. The quantitative estimate of drug-likeness (QED) is 0.390. The molecule has 0 radical (unpaired) electrons. The zero-order valence-electron chi connectivity index (χ0n) is 16.4. The molecule has 3 rings (SSSR count). The number of furan rings is 1. The average Bonchev–Trinajstić information content (AvgIpc) is 3.36. The molecule has 0 aliphatic carbocycles. The summed E-state index contributed by atoms with van der Waals surface area (Å²) in [5, 5.41) is 3.41. The van der Waals surface area contributed by atoms with Crippen molar-refractivity contribution in [2.24, 2.45) is 10.9 Å². The van der Waals surface area contributed by atoms with Crippen LogP contribution in [0.1, 0.15) is 30.8 Å². The second-order valence-electron chi connectivity index (χ2n) is 7.00. The molecule has 1 aromatic rings. The van der Waals surface area contributed by atoms with Crippen molar-refractivity contribution in [3.63, 3.8) is 0 Å². The second-order valence-corrected chi connectivity index (χ2v) is 7.00. The van der Waals surface area contributed by atoms with Gasteiger partial charge in [0, 0.05) is 45.8 Å². The van der Waals surface area contributed by atoms with E-state index in [-0.39, 0.29) is 29.9 Å². The number of piperazine rings is 1. The minimum atomic E-state index is -0.0257. The largest absolute Gasteiger partial charge is 0.459 e. The number of hydrogen-bond acceptors (Lipinski definition) is 4. The highest BCUT2D eigenvalue weighted by Crippen LogP contribution is 2.16. The molecule has 0 saturated carbocycles. The summed E-state index contributed by atoms with van der Waals surface area (Å²) in [4.78, 5) is 23.9. The average molecular weight is 489 g/mol. The molecular formula is C19H32IN5O2. The molecule has 0 bridgehead atoms. The number of guanidine groups is 1. The molecule has 3 heterocycles. The number of rotatable bonds is 5. The van der Waals surface area contributed by atoms with Crippen molar-refractivity contribution in [3.05, 3.63) is 24.2 Å². The van der Waals surface area contributed by atoms with Crippen molar-refractivity contribution in [1.82, 2.24) is 20.0 Å². The van der Waals surface area contributed by atoms with Crippen molar-refractivity contribution in [1.29, 1.82) is 0 Å². The molecule has 1 aromatic heterocycles. The van der Waals surface area contributed by atoms with Gasteiger partial charge in [-0.2, -0.15) is 0 Å². The number of carbonyl (C=O) groups excluding carboxylic acids is 1. The van der Waals surface area contributed by atoms with Gasteiger partial charge in [0.2, 0.25) is 0 Å². The van der Waals surface area contributed by atoms with Crippen LogP contribution in [0.5, 0.6) is 0 Å². The predicted molar refractivity (Wildman–Crippen MR) is 118 cm³/mol. The lowest BCUT2D eigenvalue weighted by Crippen LogP contribution is -2.53. The minimum Gasteiger partial charge on any atom is -0.459 e. The summed E-state index contributed by atoms with van der Waals surface area (Å²) in [6.45, 7) is 12.5. The Labute approximate surface area is 179 Å². The topological polar surface area (TPSA) is 64.3 Å². The first-order chi connectivity index (χ1) is 12.7. The van der Waals surface area contributed by atoms with Gasteiger partial charge in [-0.3, -0.25) is 9.79 Å². The van der Waals surface area contributed by atoms with Gasteiger partial charge in [0.15, 0.2) is 11.7 Å². The van der Waals surface area contributed by atoms with Crippen LogP contribution in [0.15, 0.2) is 27.8 Å². The maximum Gasteiger partial charge on any atom is 0.289 e. The van der Waals surface area contributed by atoms with Crippen LogP contribution in [-0.2, 0) is 0 Å². The van der Waals surface area contributed by atoms with Gasteiger partial charge in [-0.15, -0.1) is 24.0 Å². The van der Waals surface area contributed by atoms with Crippen molar-refractivity contribution >= 4 is 35.8 Å². The highest BCUT2D eigenvalue weighted by molar-refractivity contribution is 14.0. The number of likely N-dealkylation sites (tertiary alicyclic amines) is 1. The molecule has 0 aromatic carbocycles. The fourth-order valence-corrected chi connectivity index (χ4v) is 3.67. The number of carbonyl (C=O) groups is 1. The molecule has 27 heavy (non-hydrogen) atoms. The lowest BCUT2D eigenvalue weighted by molar-refractivity contribution is 0.0657. The number of aliphatic imine (C=N–C) groups is 1. The summed E-state index contributed by atoms with van der Waals surface area (Å²) >= 11 is 0. The number of amides is 1. The third-order valence-corrected chi connectivity index (χ3v) is 5.25. The van der Waals surface area contributed by atoms with Crippen molar-refractivity contribution in [2.45, 2.75) is 20.3 Å². The van der Waals surface area contributed by atoms with E-state index in [0.717, 1.165) is 45.2 Å². The van der Waals surface area contributed by atoms with Crippen molar-refractivity contribution < 1.29 is 9.21 Å². The normalized spacial score (nSPS) is 21.3. The zero-order chi connectivity index (χ0) is 18.4. The van der Waals surface area contributed by atoms with E-state index in [0.29, 0.717) is 24.8 Å². The van der Waals surface area contributed by atoms with Gasteiger partial charge in [-0.1, -0.05) is 6.92 Å².